The van der Waals surface area contributed by atoms with Crippen molar-refractivity contribution in [1.82, 2.24) is 10.2 Å². The van der Waals surface area contributed by atoms with Gasteiger partial charge in [0.05, 0.1) is 11.8 Å². The number of likely N-dealkylation sites (tertiary alicyclic amines) is 1. The number of carboxylic acids is 1. The molecule has 13 nitrogen and oxygen atoms in total. The summed E-state index contributed by atoms with van der Waals surface area (Å²) in [5.74, 6) is -3.68. The van der Waals surface area contributed by atoms with Crippen molar-refractivity contribution in [2.24, 2.45) is 11.5 Å². The van der Waals surface area contributed by atoms with Crippen molar-refractivity contribution in [2.45, 2.75) is 75.1 Å². The van der Waals surface area contributed by atoms with Crippen LogP contribution in [-0.4, -0.2) is 82.8 Å². The highest BCUT2D eigenvalue weighted by Gasteiger charge is 2.66. The van der Waals surface area contributed by atoms with E-state index in [2.05, 4.69) is 5.32 Å². The highest BCUT2D eigenvalue weighted by atomic mass is 16.6. The van der Waals surface area contributed by atoms with Gasteiger partial charge < -0.3 is 36.1 Å². The Labute approximate surface area is 225 Å². The molecule has 1 aromatic carbocycles. The van der Waals surface area contributed by atoms with Gasteiger partial charge in [-0.3, -0.25) is 19.3 Å². The molecule has 0 aliphatic carbocycles. The fraction of sp³-hybridized carbons (Fsp3) is 0.577. The van der Waals surface area contributed by atoms with Crippen molar-refractivity contribution < 1.29 is 43.3 Å². The van der Waals surface area contributed by atoms with Crippen LogP contribution < -0.4 is 21.5 Å². The molecule has 4 rings (SSSR count). The largest absolute Gasteiger partial charge is 0.480 e. The summed E-state index contributed by atoms with van der Waals surface area (Å²) in [6, 6.07) is 2.93. The van der Waals surface area contributed by atoms with E-state index in [1.165, 1.54) is 0 Å². The number of hydrogen-bond acceptors (Lipinski definition) is 10. The minimum Gasteiger partial charge on any atom is -0.480 e. The van der Waals surface area contributed by atoms with Gasteiger partial charge in [-0.1, -0.05) is 12.1 Å². The number of carbonyl (C=O) groups is 5. The molecule has 0 spiro atoms. The lowest BCUT2D eigenvalue weighted by atomic mass is 9.60. The van der Waals surface area contributed by atoms with Gasteiger partial charge in [0, 0.05) is 12.1 Å². The van der Waals surface area contributed by atoms with Gasteiger partial charge in [0.2, 0.25) is 5.91 Å². The second kappa shape index (κ2) is 10.1. The molecular formula is C26H34N4O9. The number of ether oxygens (including phenoxy) is 3. The first kappa shape index (κ1) is 28.3. The van der Waals surface area contributed by atoms with Gasteiger partial charge in [-0.05, 0) is 58.2 Å². The van der Waals surface area contributed by atoms with Gasteiger partial charge >= 0.3 is 24.0 Å². The fourth-order valence-corrected chi connectivity index (χ4v) is 5.88. The zero-order chi connectivity index (χ0) is 28.8. The number of benzene rings is 1. The van der Waals surface area contributed by atoms with Gasteiger partial charge in [0.15, 0.2) is 5.54 Å². The van der Waals surface area contributed by atoms with Crippen molar-refractivity contribution in [3.8, 4) is 5.75 Å². The Morgan fingerprint density at radius 1 is 1.26 bits per heavy atom. The number of cyclic esters (lactones) is 1. The summed E-state index contributed by atoms with van der Waals surface area (Å²) in [5, 5.41) is 12.5. The Bertz CT molecular complexity index is 1210. The monoisotopic (exact) mass is 546 g/mol. The smallest absolute Gasteiger partial charge is 0.408 e. The van der Waals surface area contributed by atoms with Gasteiger partial charge in [-0.25, -0.2) is 9.59 Å². The molecule has 2 amide bonds. The van der Waals surface area contributed by atoms with E-state index in [0.29, 0.717) is 30.5 Å². The molecule has 0 aromatic heterocycles. The molecule has 2 unspecified atom stereocenters. The van der Waals surface area contributed by atoms with Crippen LogP contribution >= 0.6 is 0 Å². The van der Waals surface area contributed by atoms with E-state index in [0.717, 1.165) is 0 Å². The maximum absolute atomic E-state index is 14.0. The van der Waals surface area contributed by atoms with Gasteiger partial charge in [-0.15, -0.1) is 0 Å². The second-order valence-corrected chi connectivity index (χ2v) is 11.3. The molecular weight excluding hydrogens is 512 g/mol. The van der Waals surface area contributed by atoms with E-state index in [4.69, 9.17) is 25.7 Å². The first-order valence-electron chi connectivity index (χ1n) is 12.7. The molecule has 1 fully saturated rings. The number of esters is 2. The molecule has 212 valence electrons. The Morgan fingerprint density at radius 2 is 1.97 bits per heavy atom. The Balaban J connectivity index is 2.01. The van der Waals surface area contributed by atoms with E-state index in [1.807, 2.05) is 0 Å². The van der Waals surface area contributed by atoms with Gasteiger partial charge in [0.25, 0.3) is 0 Å². The number of primary amides is 1. The van der Waals surface area contributed by atoms with E-state index < -0.39 is 71.6 Å². The number of amides is 2. The number of carboxylic acid groups (broad SMARTS) is 1. The highest BCUT2D eigenvalue weighted by molar-refractivity contribution is 5.97. The van der Waals surface area contributed by atoms with E-state index in [9.17, 15) is 29.1 Å². The molecule has 39 heavy (non-hydrogen) atoms. The van der Waals surface area contributed by atoms with Gasteiger partial charge in [-0.2, -0.15) is 0 Å². The minimum atomic E-state index is -2.22. The highest BCUT2D eigenvalue weighted by Crippen LogP contribution is 2.51. The molecule has 3 heterocycles. The maximum atomic E-state index is 14.0. The van der Waals surface area contributed by atoms with Crippen LogP contribution in [0.2, 0.25) is 0 Å². The molecule has 4 atom stereocenters. The fourth-order valence-electron chi connectivity index (χ4n) is 5.88. The summed E-state index contributed by atoms with van der Waals surface area (Å²) in [6.07, 6.45) is -0.880. The number of nitrogens with one attached hydrogen (secondary N) is 1. The predicted octanol–water partition coefficient (Wildman–Crippen LogP) is -0.0421. The van der Waals surface area contributed by atoms with E-state index in [1.54, 1.807) is 43.9 Å². The number of rotatable bonds is 6. The first-order valence-corrected chi connectivity index (χ1v) is 12.7. The first-order chi connectivity index (χ1) is 18.2. The molecule has 1 saturated heterocycles. The van der Waals surface area contributed by atoms with Gasteiger partial charge in [0.1, 0.15) is 30.0 Å². The van der Waals surface area contributed by atoms with Crippen molar-refractivity contribution in [3.63, 3.8) is 0 Å². The lowest BCUT2D eigenvalue weighted by Gasteiger charge is -2.53. The Hall–Kier alpha value is -3.71. The summed E-state index contributed by atoms with van der Waals surface area (Å²) in [5.41, 5.74) is 7.73. The lowest BCUT2D eigenvalue weighted by Crippen LogP contribution is -2.76. The van der Waals surface area contributed by atoms with Crippen molar-refractivity contribution >= 4 is 29.9 Å². The number of carbonyl (C=O) groups excluding carboxylic acids is 4. The summed E-state index contributed by atoms with van der Waals surface area (Å²) in [4.78, 5) is 66.4. The quantitative estimate of drug-likeness (QED) is 0.275. The summed E-state index contributed by atoms with van der Waals surface area (Å²) in [6.45, 7) is 4.50. The molecule has 13 heteroatoms. The van der Waals surface area contributed by atoms with Crippen LogP contribution in [0.3, 0.4) is 0 Å². The third-order valence-corrected chi connectivity index (χ3v) is 7.44. The molecule has 1 aromatic rings. The van der Waals surface area contributed by atoms with Crippen molar-refractivity contribution in [2.75, 3.05) is 19.7 Å². The minimum absolute atomic E-state index is 0.00273. The van der Waals surface area contributed by atoms with Crippen molar-refractivity contribution in [1.29, 1.82) is 0 Å². The summed E-state index contributed by atoms with van der Waals surface area (Å²) >= 11 is 0. The lowest BCUT2D eigenvalue weighted by molar-refractivity contribution is -0.161. The van der Waals surface area contributed by atoms with Crippen LogP contribution in [0.4, 0.5) is 4.79 Å². The summed E-state index contributed by atoms with van der Waals surface area (Å²) in [7, 11) is 0. The number of aliphatic carboxylic acids is 1. The number of alkyl carbamates (subject to hydrolysis) is 1. The zero-order valence-corrected chi connectivity index (χ0v) is 22.2. The van der Waals surface area contributed by atoms with E-state index in [-0.39, 0.29) is 18.7 Å². The number of nitrogens with two attached hydrogens (primary N) is 2. The average Bonchev–Trinajstić information content (AvgIpc) is 3.26. The van der Waals surface area contributed by atoms with E-state index >= 15 is 0 Å². The number of hydrogen-bond donors (Lipinski definition) is 4. The predicted molar refractivity (Wildman–Crippen MR) is 135 cm³/mol. The van der Waals surface area contributed by atoms with Crippen LogP contribution in [0.25, 0.3) is 0 Å². The maximum Gasteiger partial charge on any atom is 0.408 e. The SMILES string of the molecule is CC(C)(C)OC(=O)N[C@@]1(CC(N)=O)C(=O)Oc2cccc3c2C1(CN1CCC[C@H]1C(=O)O)COC(=O)C(N)C3. The van der Waals surface area contributed by atoms with Crippen LogP contribution in [0.5, 0.6) is 5.75 Å². The van der Waals surface area contributed by atoms with Crippen LogP contribution in [0.1, 0.15) is 51.2 Å². The van der Waals surface area contributed by atoms with Crippen LogP contribution in [0, 0.1) is 0 Å². The topological polar surface area (TPSA) is 201 Å². The molecule has 0 radical (unpaired) electrons. The second-order valence-electron chi connectivity index (χ2n) is 11.3. The molecule has 0 saturated carbocycles. The Kier molecular flexibility index (Phi) is 7.34. The number of nitrogens with zero attached hydrogens (tertiary/aromatic N) is 1. The summed E-state index contributed by atoms with van der Waals surface area (Å²) < 4.78 is 16.8. The van der Waals surface area contributed by atoms with Crippen LogP contribution in [0.15, 0.2) is 18.2 Å². The normalized spacial score (nSPS) is 28.8. The zero-order valence-electron chi connectivity index (χ0n) is 22.2. The molecule has 0 bridgehead atoms. The molecule has 6 N–H and O–H groups in total. The molecule has 3 aliphatic rings. The standard InChI is InChI=1S/C26H34N4O9/c1-24(2,3)39-23(36)29-26(11-18(28)31)22(35)38-17-8-4-6-14-10-15(27)21(34)37-13-25(26,19(14)17)12-30-9-5-7-16(30)20(32)33/h4,6,8,15-16H,5,7,9-13,27H2,1-3H3,(H2,28,31)(H,29,36)(H,32,33)/t15?,16-,25?,26-/m0/s1. The average molecular weight is 547 g/mol. The van der Waals surface area contributed by atoms with Crippen LogP contribution in [-0.2, 0) is 40.5 Å². The Morgan fingerprint density at radius 3 is 2.62 bits per heavy atom. The van der Waals surface area contributed by atoms with Crippen molar-refractivity contribution in [3.05, 3.63) is 29.3 Å². The third-order valence-electron chi connectivity index (χ3n) is 7.44. The molecule has 3 aliphatic heterocycles. The third kappa shape index (κ3) is 5.15.